The second-order valence-electron chi connectivity index (χ2n) is 5.39. The fraction of sp³-hybridized carbons (Fsp3) is 0.125. The van der Waals surface area contributed by atoms with Crippen molar-refractivity contribution in [3.05, 3.63) is 57.7 Å². The van der Waals surface area contributed by atoms with Crippen molar-refractivity contribution in [1.29, 1.82) is 0 Å². The van der Waals surface area contributed by atoms with Crippen LogP contribution in [0.2, 0.25) is 5.02 Å². The summed E-state index contributed by atoms with van der Waals surface area (Å²) in [6, 6.07) is 7.48. The maximum absolute atomic E-state index is 12.3. The number of halogens is 4. The van der Waals surface area contributed by atoms with Crippen LogP contribution in [0.25, 0.3) is 11.4 Å². The molecule has 0 saturated carbocycles. The largest absolute Gasteiger partial charge is 0.467 e. The number of rotatable bonds is 5. The quantitative estimate of drug-likeness (QED) is 0.663. The maximum Gasteiger partial charge on any atom is 0.439 e. The highest BCUT2D eigenvalue weighted by Crippen LogP contribution is 2.25. The molecule has 8 nitrogen and oxygen atoms in total. The van der Waals surface area contributed by atoms with Crippen molar-refractivity contribution in [1.82, 2.24) is 15.1 Å². The Morgan fingerprint density at radius 1 is 1.32 bits per heavy atom. The van der Waals surface area contributed by atoms with Crippen molar-refractivity contribution in [2.24, 2.45) is 0 Å². The number of pyridine rings is 1. The van der Waals surface area contributed by atoms with Gasteiger partial charge in [0.15, 0.2) is 12.4 Å². The summed E-state index contributed by atoms with van der Waals surface area (Å²) in [4.78, 5) is 29.4. The predicted octanol–water partition coefficient (Wildman–Crippen LogP) is 3.27. The Kier molecular flexibility index (Phi) is 5.36. The first-order valence-electron chi connectivity index (χ1n) is 7.54. The molecule has 146 valence electrons. The first kappa shape index (κ1) is 19.4. The minimum absolute atomic E-state index is 0.00426. The smallest absolute Gasteiger partial charge is 0.439 e. The van der Waals surface area contributed by atoms with E-state index in [9.17, 15) is 22.8 Å². The zero-order valence-corrected chi connectivity index (χ0v) is 14.5. The van der Waals surface area contributed by atoms with Crippen molar-refractivity contribution in [3.8, 4) is 17.3 Å². The molecule has 3 rings (SSSR count). The number of hydrogen-bond acceptors (Lipinski definition) is 6. The zero-order valence-electron chi connectivity index (χ0n) is 13.7. The lowest BCUT2D eigenvalue weighted by Crippen LogP contribution is -2.20. The number of carbonyl (C=O) groups is 1. The van der Waals surface area contributed by atoms with Crippen molar-refractivity contribution < 1.29 is 27.2 Å². The highest BCUT2D eigenvalue weighted by molar-refractivity contribution is 6.32. The van der Waals surface area contributed by atoms with E-state index in [2.05, 4.69) is 29.7 Å². The van der Waals surface area contributed by atoms with Gasteiger partial charge >= 0.3 is 11.9 Å². The maximum atomic E-state index is 12.3. The van der Waals surface area contributed by atoms with Crippen LogP contribution in [0, 0.1) is 0 Å². The summed E-state index contributed by atoms with van der Waals surface area (Å²) in [5.41, 5.74) is 0.847. The van der Waals surface area contributed by atoms with Crippen LogP contribution < -0.4 is 15.8 Å². The number of ether oxygens (including phenoxy) is 1. The number of H-pyrrole nitrogens is 1. The summed E-state index contributed by atoms with van der Waals surface area (Å²) in [6.07, 6.45) is -3.51. The van der Waals surface area contributed by atoms with Crippen LogP contribution >= 0.6 is 11.6 Å². The number of carbonyl (C=O) groups excluding carboxylic acids is 1. The van der Waals surface area contributed by atoms with Crippen LogP contribution in [0.5, 0.6) is 5.88 Å². The Morgan fingerprint density at radius 2 is 2.11 bits per heavy atom. The van der Waals surface area contributed by atoms with Gasteiger partial charge in [-0.05, 0) is 18.2 Å². The molecule has 0 aliphatic rings. The molecule has 0 unspecified atom stereocenters. The Labute approximate surface area is 159 Å². The molecule has 2 aromatic heterocycles. The third-order valence-corrected chi connectivity index (χ3v) is 3.55. The van der Waals surface area contributed by atoms with Gasteiger partial charge in [-0.1, -0.05) is 28.9 Å². The van der Waals surface area contributed by atoms with Crippen LogP contribution in [0.4, 0.5) is 18.9 Å². The lowest BCUT2D eigenvalue weighted by molar-refractivity contribution is -0.154. The molecule has 0 aliphatic carbocycles. The van der Waals surface area contributed by atoms with Gasteiger partial charge in [-0.3, -0.25) is 14.3 Å². The minimum atomic E-state index is -4.54. The molecule has 3 aromatic rings. The lowest BCUT2D eigenvalue weighted by atomic mass is 10.2. The Morgan fingerprint density at radius 3 is 2.75 bits per heavy atom. The zero-order chi connectivity index (χ0) is 20.3. The topological polar surface area (TPSA) is 110 Å². The number of aromatic amines is 1. The summed E-state index contributed by atoms with van der Waals surface area (Å²) < 4.78 is 45.5. The number of alkyl halides is 3. The van der Waals surface area contributed by atoms with Crippen LogP contribution in [0.1, 0.15) is 10.4 Å². The van der Waals surface area contributed by atoms with E-state index in [1.807, 2.05) is 0 Å². The van der Waals surface area contributed by atoms with Gasteiger partial charge in [-0.15, -0.1) is 0 Å². The third-order valence-electron chi connectivity index (χ3n) is 3.28. The monoisotopic (exact) mass is 414 g/mol. The van der Waals surface area contributed by atoms with E-state index in [0.717, 1.165) is 12.3 Å². The molecule has 12 heteroatoms. The SMILES string of the molecule is O=C(Nc1cccc(-c2noc(=O)[nH]2)c1)c1cnc(OCC(F)(F)F)c(Cl)c1. The van der Waals surface area contributed by atoms with Gasteiger partial charge in [-0.25, -0.2) is 9.78 Å². The highest BCUT2D eigenvalue weighted by atomic mass is 35.5. The van der Waals surface area contributed by atoms with Crippen molar-refractivity contribution >= 4 is 23.2 Å². The minimum Gasteiger partial charge on any atom is -0.467 e. The molecule has 28 heavy (non-hydrogen) atoms. The second kappa shape index (κ2) is 7.72. The number of hydrogen-bond donors (Lipinski definition) is 2. The fourth-order valence-electron chi connectivity index (χ4n) is 2.11. The lowest BCUT2D eigenvalue weighted by Gasteiger charge is -2.10. The van der Waals surface area contributed by atoms with Crippen LogP contribution in [-0.4, -0.2) is 33.8 Å². The van der Waals surface area contributed by atoms with Gasteiger partial charge < -0.3 is 10.1 Å². The van der Waals surface area contributed by atoms with E-state index in [-0.39, 0.29) is 16.4 Å². The Bertz CT molecular complexity index is 1060. The molecule has 0 fully saturated rings. The molecular formula is C16H10ClF3N4O4. The molecule has 0 aliphatic heterocycles. The van der Waals surface area contributed by atoms with E-state index >= 15 is 0 Å². The van der Waals surface area contributed by atoms with Gasteiger partial charge in [0, 0.05) is 17.4 Å². The molecule has 0 bridgehead atoms. The summed E-state index contributed by atoms with van der Waals surface area (Å²) in [6.45, 7) is -1.55. The van der Waals surface area contributed by atoms with E-state index in [1.165, 1.54) is 6.07 Å². The van der Waals surface area contributed by atoms with E-state index < -0.39 is 30.3 Å². The molecule has 2 heterocycles. The average molecular weight is 415 g/mol. The number of aromatic nitrogens is 3. The van der Waals surface area contributed by atoms with Gasteiger partial charge in [-0.2, -0.15) is 13.2 Å². The molecule has 0 atom stereocenters. The number of benzene rings is 1. The van der Waals surface area contributed by atoms with Crippen molar-refractivity contribution in [3.63, 3.8) is 0 Å². The van der Waals surface area contributed by atoms with Crippen molar-refractivity contribution in [2.45, 2.75) is 6.18 Å². The number of amides is 1. The third kappa shape index (κ3) is 4.88. The van der Waals surface area contributed by atoms with Crippen LogP contribution in [-0.2, 0) is 0 Å². The summed E-state index contributed by atoms with van der Waals surface area (Å²) in [5, 5.41) is 5.87. The molecule has 2 N–H and O–H groups in total. The normalized spacial score (nSPS) is 11.3. The predicted molar refractivity (Wildman–Crippen MR) is 91.3 cm³/mol. The first-order chi connectivity index (χ1) is 13.2. The van der Waals surface area contributed by atoms with Crippen molar-refractivity contribution in [2.75, 3.05) is 11.9 Å². The molecule has 0 saturated heterocycles. The molecule has 0 radical (unpaired) electrons. The van der Waals surface area contributed by atoms with E-state index in [1.54, 1.807) is 18.2 Å². The molecule has 0 spiro atoms. The van der Waals surface area contributed by atoms with Crippen LogP contribution in [0.3, 0.4) is 0 Å². The van der Waals surface area contributed by atoms with Gasteiger partial charge in [0.2, 0.25) is 5.88 Å². The number of anilines is 1. The molecular weight excluding hydrogens is 405 g/mol. The van der Waals surface area contributed by atoms with E-state index in [0.29, 0.717) is 11.3 Å². The second-order valence-corrected chi connectivity index (χ2v) is 5.80. The summed E-state index contributed by atoms with van der Waals surface area (Å²) >= 11 is 5.83. The fourth-order valence-corrected chi connectivity index (χ4v) is 2.33. The van der Waals surface area contributed by atoms with Crippen LogP contribution in [0.15, 0.2) is 45.8 Å². The molecule has 1 aromatic carbocycles. The van der Waals surface area contributed by atoms with Gasteiger partial charge in [0.05, 0.1) is 5.56 Å². The Hall–Kier alpha value is -3.34. The standard InChI is InChI=1S/C16H10ClF3N4O4/c17-11-5-9(6-21-14(11)27-7-16(18,19)20)13(25)22-10-3-1-2-8(4-10)12-23-15(26)28-24-12/h1-6H,7H2,(H,22,25)(H,23,24,26). The number of nitrogens with zero attached hydrogens (tertiary/aromatic N) is 2. The first-order valence-corrected chi connectivity index (χ1v) is 7.92. The average Bonchev–Trinajstić information content (AvgIpc) is 3.06. The van der Waals surface area contributed by atoms with E-state index in [4.69, 9.17) is 11.6 Å². The number of nitrogens with one attached hydrogen (secondary N) is 2. The van der Waals surface area contributed by atoms with Gasteiger partial charge in [0.1, 0.15) is 5.02 Å². The molecule has 1 amide bonds. The summed E-state index contributed by atoms with van der Waals surface area (Å²) in [7, 11) is 0. The Balaban J connectivity index is 1.73. The highest BCUT2D eigenvalue weighted by Gasteiger charge is 2.29. The van der Waals surface area contributed by atoms with Gasteiger partial charge in [0.25, 0.3) is 5.91 Å². The summed E-state index contributed by atoms with van der Waals surface area (Å²) in [5.74, 6) is -1.59.